The van der Waals surface area contributed by atoms with Gasteiger partial charge in [-0.15, -0.1) is 11.6 Å². The quantitative estimate of drug-likeness (QED) is 0.844. The molecule has 0 aliphatic carbocycles. The van der Waals surface area contributed by atoms with Crippen molar-refractivity contribution in [2.24, 2.45) is 0 Å². The Bertz CT molecular complexity index is 381. The van der Waals surface area contributed by atoms with Gasteiger partial charge in [0, 0.05) is 5.54 Å². The number of hydrogen-bond acceptors (Lipinski definition) is 2. The fourth-order valence-corrected chi connectivity index (χ4v) is 1.56. The number of hydrogen-bond donors (Lipinski definition) is 1. The minimum absolute atomic E-state index is 0.190. The van der Waals surface area contributed by atoms with Crippen molar-refractivity contribution in [2.45, 2.75) is 31.7 Å². The molecule has 0 bridgehead atoms. The number of carbonyl (C=O) groups excluding carboxylic acids is 1. The average molecular weight is 256 g/mol. The van der Waals surface area contributed by atoms with Gasteiger partial charge in [0.2, 0.25) is 5.91 Å². The predicted molar refractivity (Wildman–Crippen MR) is 69.5 cm³/mol. The molecule has 1 unspecified atom stereocenters. The molecule has 3 nitrogen and oxygen atoms in total. The summed E-state index contributed by atoms with van der Waals surface area (Å²) in [5.74, 6) is 0.554. The molecule has 0 fully saturated rings. The van der Waals surface area contributed by atoms with Crippen LogP contribution in [0.1, 0.15) is 31.7 Å². The van der Waals surface area contributed by atoms with Crippen LogP contribution >= 0.6 is 11.6 Å². The fourth-order valence-electron chi connectivity index (χ4n) is 1.36. The molecule has 0 saturated carbocycles. The van der Waals surface area contributed by atoms with Crippen molar-refractivity contribution in [3.63, 3.8) is 0 Å². The first-order valence-corrected chi connectivity index (χ1v) is 5.87. The topological polar surface area (TPSA) is 38.3 Å². The number of methoxy groups -OCH3 is 1. The van der Waals surface area contributed by atoms with Gasteiger partial charge >= 0.3 is 0 Å². The lowest BCUT2D eigenvalue weighted by molar-refractivity contribution is -0.122. The maximum atomic E-state index is 11.8. The molecule has 1 rings (SSSR count). The summed E-state index contributed by atoms with van der Waals surface area (Å²) in [5, 5.41) is 2.16. The lowest BCUT2D eigenvalue weighted by Crippen LogP contribution is -2.42. The van der Waals surface area contributed by atoms with Crippen LogP contribution in [0, 0.1) is 0 Å². The second-order valence-corrected chi connectivity index (χ2v) is 5.31. The lowest BCUT2D eigenvalue weighted by Gasteiger charge is -2.22. The van der Waals surface area contributed by atoms with Crippen molar-refractivity contribution < 1.29 is 9.53 Å². The van der Waals surface area contributed by atoms with Gasteiger partial charge in [-0.2, -0.15) is 0 Å². The van der Waals surface area contributed by atoms with Gasteiger partial charge in [-0.25, -0.2) is 0 Å². The Morgan fingerprint density at radius 1 is 1.29 bits per heavy atom. The summed E-state index contributed by atoms with van der Waals surface area (Å²) < 4.78 is 5.05. The van der Waals surface area contributed by atoms with E-state index in [1.165, 1.54) is 0 Å². The van der Waals surface area contributed by atoms with Crippen molar-refractivity contribution in [3.05, 3.63) is 29.8 Å². The van der Waals surface area contributed by atoms with Crippen LogP contribution in [0.5, 0.6) is 5.75 Å². The highest BCUT2D eigenvalue weighted by molar-refractivity contribution is 6.30. The molecule has 0 spiro atoms. The van der Waals surface area contributed by atoms with Crippen molar-refractivity contribution in [1.29, 1.82) is 0 Å². The van der Waals surface area contributed by atoms with E-state index in [9.17, 15) is 4.79 Å². The van der Waals surface area contributed by atoms with Gasteiger partial charge in [-0.05, 0) is 38.5 Å². The summed E-state index contributed by atoms with van der Waals surface area (Å²) in [7, 11) is 1.60. The van der Waals surface area contributed by atoms with Crippen LogP contribution in [0.4, 0.5) is 0 Å². The first kappa shape index (κ1) is 13.8. The Labute approximate surface area is 107 Å². The Hall–Kier alpha value is -1.22. The van der Waals surface area contributed by atoms with Crippen LogP contribution in [0.3, 0.4) is 0 Å². The van der Waals surface area contributed by atoms with E-state index >= 15 is 0 Å². The minimum atomic E-state index is -0.680. The number of rotatable bonds is 3. The molecule has 0 aromatic heterocycles. The molecule has 1 N–H and O–H groups in total. The molecule has 94 valence electrons. The summed E-state index contributed by atoms with van der Waals surface area (Å²) >= 11 is 6.11. The van der Waals surface area contributed by atoms with Gasteiger partial charge in [-0.1, -0.05) is 12.1 Å². The van der Waals surface area contributed by atoms with E-state index in [1.54, 1.807) is 31.4 Å². The van der Waals surface area contributed by atoms with Crippen molar-refractivity contribution in [2.75, 3.05) is 7.11 Å². The average Bonchev–Trinajstić information content (AvgIpc) is 2.26. The Morgan fingerprint density at radius 3 is 2.24 bits per heavy atom. The monoisotopic (exact) mass is 255 g/mol. The maximum absolute atomic E-state index is 11.8. The number of carbonyl (C=O) groups is 1. The van der Waals surface area contributed by atoms with Crippen molar-refractivity contribution >= 4 is 17.5 Å². The number of alkyl halides is 1. The van der Waals surface area contributed by atoms with Crippen LogP contribution in [0.2, 0.25) is 0 Å². The normalized spacial score (nSPS) is 13.0. The standard InChI is InChI=1S/C13H18ClNO2/c1-13(2,3)15-12(16)11(14)9-5-7-10(17-4)8-6-9/h5-8,11H,1-4H3,(H,15,16). The van der Waals surface area contributed by atoms with Crippen molar-refractivity contribution in [3.8, 4) is 5.75 Å². The van der Waals surface area contributed by atoms with Crippen molar-refractivity contribution in [1.82, 2.24) is 5.32 Å². The van der Waals surface area contributed by atoms with Gasteiger partial charge < -0.3 is 10.1 Å². The molecule has 0 radical (unpaired) electrons. The van der Waals surface area contributed by atoms with E-state index in [0.29, 0.717) is 0 Å². The van der Waals surface area contributed by atoms with Gasteiger partial charge in [0.05, 0.1) is 7.11 Å². The minimum Gasteiger partial charge on any atom is -0.497 e. The van der Waals surface area contributed by atoms with E-state index in [4.69, 9.17) is 16.3 Å². The summed E-state index contributed by atoms with van der Waals surface area (Å²) in [6.45, 7) is 5.76. The smallest absolute Gasteiger partial charge is 0.242 e. The second kappa shape index (κ2) is 5.41. The maximum Gasteiger partial charge on any atom is 0.242 e. The zero-order chi connectivity index (χ0) is 13.1. The first-order chi connectivity index (χ1) is 7.83. The van der Waals surface area contributed by atoms with Crippen LogP contribution in [0.25, 0.3) is 0 Å². The molecule has 0 heterocycles. The Balaban J connectivity index is 2.74. The highest BCUT2D eigenvalue weighted by Gasteiger charge is 2.22. The molecular weight excluding hydrogens is 238 g/mol. The van der Waals surface area contributed by atoms with E-state index in [-0.39, 0.29) is 11.4 Å². The van der Waals surface area contributed by atoms with Crippen LogP contribution < -0.4 is 10.1 Å². The van der Waals surface area contributed by atoms with E-state index in [1.807, 2.05) is 20.8 Å². The second-order valence-electron chi connectivity index (χ2n) is 4.87. The van der Waals surface area contributed by atoms with Gasteiger partial charge in [0.1, 0.15) is 11.1 Å². The number of amides is 1. The summed E-state index contributed by atoms with van der Waals surface area (Å²) in [6.07, 6.45) is 0. The predicted octanol–water partition coefficient (Wildman–Crippen LogP) is 2.89. The summed E-state index contributed by atoms with van der Waals surface area (Å²) in [6, 6.07) is 7.15. The molecule has 0 aliphatic heterocycles. The molecule has 1 atom stereocenters. The van der Waals surface area contributed by atoms with Crippen LogP contribution in [-0.4, -0.2) is 18.6 Å². The van der Waals surface area contributed by atoms with E-state index < -0.39 is 5.38 Å². The molecule has 1 aromatic rings. The highest BCUT2D eigenvalue weighted by Crippen LogP contribution is 2.23. The third kappa shape index (κ3) is 4.27. The molecule has 17 heavy (non-hydrogen) atoms. The number of halogens is 1. The van der Waals surface area contributed by atoms with E-state index in [0.717, 1.165) is 11.3 Å². The zero-order valence-corrected chi connectivity index (χ0v) is 11.3. The molecule has 1 amide bonds. The Kier molecular flexibility index (Phi) is 4.40. The van der Waals surface area contributed by atoms with E-state index in [2.05, 4.69) is 5.32 Å². The molecule has 0 saturated heterocycles. The number of nitrogens with one attached hydrogen (secondary N) is 1. The third-order valence-electron chi connectivity index (χ3n) is 2.14. The van der Waals surface area contributed by atoms with Crippen LogP contribution in [0.15, 0.2) is 24.3 Å². The van der Waals surface area contributed by atoms with Gasteiger partial charge in [0.15, 0.2) is 0 Å². The largest absolute Gasteiger partial charge is 0.497 e. The highest BCUT2D eigenvalue weighted by atomic mass is 35.5. The number of ether oxygens (including phenoxy) is 1. The lowest BCUT2D eigenvalue weighted by atomic mass is 10.1. The Morgan fingerprint density at radius 2 is 1.82 bits per heavy atom. The molecule has 1 aromatic carbocycles. The summed E-state index contributed by atoms with van der Waals surface area (Å²) in [5.41, 5.74) is 0.477. The van der Waals surface area contributed by atoms with Gasteiger partial charge in [-0.3, -0.25) is 4.79 Å². The van der Waals surface area contributed by atoms with Crippen LogP contribution in [-0.2, 0) is 4.79 Å². The summed E-state index contributed by atoms with van der Waals surface area (Å²) in [4.78, 5) is 11.8. The SMILES string of the molecule is COc1ccc(C(Cl)C(=O)NC(C)(C)C)cc1. The fraction of sp³-hybridized carbons (Fsp3) is 0.462. The molecule has 4 heteroatoms. The third-order valence-corrected chi connectivity index (χ3v) is 2.59. The zero-order valence-electron chi connectivity index (χ0n) is 10.6. The number of benzene rings is 1. The molecular formula is C13H18ClNO2. The molecule has 0 aliphatic rings. The first-order valence-electron chi connectivity index (χ1n) is 5.43. The van der Waals surface area contributed by atoms with Gasteiger partial charge in [0.25, 0.3) is 0 Å².